The molecule has 640 valence electrons. The molecule has 25 aromatic rings. The van der Waals surface area contributed by atoms with Crippen molar-refractivity contribution in [2.75, 3.05) is 0 Å². The standard InChI is InChI=1S/2C47H30N2.C37H26N2/c1-4-15-32(16-5-1)45-44-38-21-11-10-14-31(38)26-27-43(44)48-46(49-45)34-25-24-33-29-40-39-22-12-13-23-41(39)47(36-17-6-2-7-18-36,37-19-8-3-9-20-37)42(40)30-35(33)28-34;1-4-15-32(16-5-1)44-40-27-26-31-14-10-11-21-38(31)45(40)49-46(48-44)34-25-24-33-29-41-39-22-12-13-23-42(39)47(36-17-6-2-7-18-36,37-19-8-3-9-20-37)43(41)30-35(33)28-34;1-37(2)30-15-9-8-14-28(30)33-29-22-26(17-16-24(29)18-20-31(33)37)36-38-32-21-19-23-10-6-7-13-27(23)34(32)35(39-36)25-11-4-3-5-12-25/h2*1-30H;3-22H,1-2H3. The summed E-state index contributed by atoms with van der Waals surface area (Å²) in [6.45, 7) is 4.66. The maximum absolute atomic E-state index is 5.32. The van der Waals surface area contributed by atoms with Gasteiger partial charge in [-0.3, -0.25) is 0 Å². The summed E-state index contributed by atoms with van der Waals surface area (Å²) in [7, 11) is 0. The van der Waals surface area contributed by atoms with Gasteiger partial charge in [-0.25, -0.2) is 29.9 Å². The SMILES string of the molecule is CC1(C)c2ccccc2-c2c1ccc1ccc(-c3nc(-c4ccccc4)c4c(ccc5ccccc54)n3)cc21.c1ccc(-c2nc(-c3ccc4cc5c(cc4c3)C(c3ccccc3)(c3ccccc3)c3ccccc3-5)nc3c2ccc2ccccc23)cc1.c1ccc(-c2nc(-c3ccc4cc5c(cc4c3)C(c3ccccc3)(c3ccccc3)c3ccccc3-5)nc3ccc4ccccc4c23)cc1. The van der Waals surface area contributed by atoms with Crippen LogP contribution in [0.2, 0.25) is 0 Å². The van der Waals surface area contributed by atoms with E-state index >= 15 is 0 Å². The monoisotopic (exact) mass is 1740 g/mol. The molecule has 0 saturated heterocycles. The van der Waals surface area contributed by atoms with Gasteiger partial charge in [-0.1, -0.05) is 438 Å². The molecule has 0 N–H and O–H groups in total. The van der Waals surface area contributed by atoms with Crippen LogP contribution in [0.15, 0.2) is 485 Å². The molecule has 0 bridgehead atoms. The van der Waals surface area contributed by atoms with E-state index in [1.165, 1.54) is 143 Å². The van der Waals surface area contributed by atoms with E-state index in [4.69, 9.17) is 29.9 Å². The molecule has 3 aromatic heterocycles. The molecule has 22 aromatic carbocycles. The first kappa shape index (κ1) is 80.3. The molecular weight excluding hydrogens is 1660 g/mol. The minimum Gasteiger partial charge on any atom is -0.228 e. The highest BCUT2D eigenvalue weighted by atomic mass is 14.9. The predicted molar refractivity (Wildman–Crippen MR) is 568 cm³/mol. The summed E-state index contributed by atoms with van der Waals surface area (Å²) in [4.78, 5) is 31.5. The van der Waals surface area contributed by atoms with Crippen LogP contribution in [0.5, 0.6) is 0 Å². The smallest absolute Gasteiger partial charge is 0.160 e. The third-order valence-electron chi connectivity index (χ3n) is 29.1. The van der Waals surface area contributed by atoms with E-state index in [1.807, 2.05) is 6.07 Å². The summed E-state index contributed by atoms with van der Waals surface area (Å²) in [5, 5.41) is 17.5. The molecule has 28 rings (SSSR count). The van der Waals surface area contributed by atoms with Crippen molar-refractivity contribution >= 4 is 97.3 Å². The summed E-state index contributed by atoms with van der Waals surface area (Å²) in [6, 6.07) is 175. The molecule has 0 fully saturated rings. The molecule has 0 aliphatic heterocycles. The summed E-state index contributed by atoms with van der Waals surface area (Å²) in [5.41, 5.74) is 32.0. The van der Waals surface area contributed by atoms with Crippen LogP contribution < -0.4 is 0 Å². The highest BCUT2D eigenvalue weighted by Crippen LogP contribution is 2.60. The van der Waals surface area contributed by atoms with Crippen molar-refractivity contribution in [3.63, 3.8) is 0 Å². The molecule has 6 heteroatoms. The lowest BCUT2D eigenvalue weighted by Gasteiger charge is -2.34. The number of aromatic nitrogens is 6. The normalized spacial score (nSPS) is 13.2. The molecule has 0 saturated carbocycles. The molecule has 137 heavy (non-hydrogen) atoms. The Morgan fingerprint density at radius 3 is 0.978 bits per heavy atom. The van der Waals surface area contributed by atoms with E-state index in [-0.39, 0.29) is 5.41 Å². The zero-order valence-electron chi connectivity index (χ0n) is 75.4. The Kier molecular flexibility index (Phi) is 19.0. The molecule has 3 aliphatic carbocycles. The second-order valence-electron chi connectivity index (χ2n) is 36.9. The quantitative estimate of drug-likeness (QED) is 0.127. The van der Waals surface area contributed by atoms with Crippen LogP contribution in [0.3, 0.4) is 0 Å². The van der Waals surface area contributed by atoms with Gasteiger partial charge in [-0.2, -0.15) is 0 Å². The zero-order valence-corrected chi connectivity index (χ0v) is 75.4. The van der Waals surface area contributed by atoms with Crippen molar-refractivity contribution in [3.8, 4) is 101 Å². The largest absolute Gasteiger partial charge is 0.228 e. The van der Waals surface area contributed by atoms with Gasteiger partial charge in [-0.05, 0) is 209 Å². The van der Waals surface area contributed by atoms with E-state index < -0.39 is 10.8 Å². The first-order valence-corrected chi connectivity index (χ1v) is 47.2. The Morgan fingerprint density at radius 2 is 0.511 bits per heavy atom. The molecular formula is C131H86N6. The molecule has 0 atom stereocenters. The number of nitrogens with zero attached hydrogens (tertiary/aromatic N) is 6. The Labute approximate surface area is 794 Å². The molecule has 0 radical (unpaired) electrons. The van der Waals surface area contributed by atoms with E-state index in [9.17, 15) is 0 Å². The number of rotatable bonds is 10. The third kappa shape index (κ3) is 13.0. The molecule has 0 spiro atoms. The zero-order chi connectivity index (χ0) is 90.9. The fraction of sp³-hybridized carbons (Fsp3) is 0.0382. The second-order valence-corrected chi connectivity index (χ2v) is 36.9. The average Bonchev–Trinajstić information content (AvgIpc) is 1.56. The fourth-order valence-corrected chi connectivity index (χ4v) is 22.8. The lowest BCUT2D eigenvalue weighted by atomic mass is 9.67. The van der Waals surface area contributed by atoms with Gasteiger partial charge in [-0.15, -0.1) is 0 Å². The second kappa shape index (κ2) is 32.4. The van der Waals surface area contributed by atoms with Gasteiger partial charge in [0.2, 0.25) is 0 Å². The van der Waals surface area contributed by atoms with Crippen LogP contribution in [-0.2, 0) is 16.2 Å². The molecule has 0 amide bonds. The van der Waals surface area contributed by atoms with Crippen LogP contribution >= 0.6 is 0 Å². The van der Waals surface area contributed by atoms with Crippen molar-refractivity contribution in [2.24, 2.45) is 0 Å². The molecule has 3 heterocycles. The Balaban J connectivity index is 0.000000107. The third-order valence-corrected chi connectivity index (χ3v) is 29.1. The Bertz CT molecular complexity index is 9090. The lowest BCUT2D eigenvalue weighted by Crippen LogP contribution is -2.28. The van der Waals surface area contributed by atoms with Gasteiger partial charge in [0.05, 0.1) is 44.5 Å². The fourth-order valence-electron chi connectivity index (χ4n) is 22.8. The maximum Gasteiger partial charge on any atom is 0.160 e. The Morgan fingerprint density at radius 1 is 0.175 bits per heavy atom. The van der Waals surface area contributed by atoms with Gasteiger partial charge in [0.25, 0.3) is 0 Å². The van der Waals surface area contributed by atoms with Crippen LogP contribution in [0, 0.1) is 0 Å². The van der Waals surface area contributed by atoms with Crippen molar-refractivity contribution in [1.82, 2.24) is 29.9 Å². The van der Waals surface area contributed by atoms with Crippen molar-refractivity contribution < 1.29 is 0 Å². The number of fused-ring (bicyclic) bond motifs is 22. The van der Waals surface area contributed by atoms with Gasteiger partial charge in [0, 0.05) is 60.3 Å². The van der Waals surface area contributed by atoms with E-state index in [0.717, 1.165) is 111 Å². The number of hydrogen-bond donors (Lipinski definition) is 0. The topological polar surface area (TPSA) is 77.3 Å². The van der Waals surface area contributed by atoms with Gasteiger partial charge < -0.3 is 0 Å². The molecule has 6 nitrogen and oxygen atoms in total. The number of benzene rings is 22. The van der Waals surface area contributed by atoms with Gasteiger partial charge in [0.1, 0.15) is 0 Å². The van der Waals surface area contributed by atoms with Crippen LogP contribution in [-0.4, -0.2) is 29.9 Å². The lowest BCUT2D eigenvalue weighted by molar-refractivity contribution is 0.661. The Hall–Kier alpha value is -17.6. The highest BCUT2D eigenvalue weighted by Gasteiger charge is 2.48. The van der Waals surface area contributed by atoms with Crippen LogP contribution in [0.25, 0.3) is 199 Å². The summed E-state index contributed by atoms with van der Waals surface area (Å²) >= 11 is 0. The minimum atomic E-state index is -0.447. The first-order chi connectivity index (χ1) is 67.7. The summed E-state index contributed by atoms with van der Waals surface area (Å²) < 4.78 is 0. The minimum absolute atomic E-state index is 0.0306. The first-order valence-electron chi connectivity index (χ1n) is 47.2. The van der Waals surface area contributed by atoms with Crippen molar-refractivity contribution in [2.45, 2.75) is 30.1 Å². The van der Waals surface area contributed by atoms with Crippen molar-refractivity contribution in [3.05, 3.63) is 541 Å². The highest BCUT2D eigenvalue weighted by molar-refractivity contribution is 6.16. The number of hydrogen-bond acceptors (Lipinski definition) is 6. The van der Waals surface area contributed by atoms with E-state index in [1.54, 1.807) is 0 Å². The maximum atomic E-state index is 5.32. The predicted octanol–water partition coefficient (Wildman–Crippen LogP) is 32.8. The molecule has 3 aliphatic rings. The van der Waals surface area contributed by atoms with E-state index in [0.29, 0.717) is 0 Å². The molecule has 0 unspecified atom stereocenters. The van der Waals surface area contributed by atoms with Crippen LogP contribution in [0.4, 0.5) is 0 Å². The van der Waals surface area contributed by atoms with E-state index in [2.05, 4.69) is 493 Å². The average molecular weight is 1740 g/mol. The summed E-state index contributed by atoms with van der Waals surface area (Å²) in [6.07, 6.45) is 0. The van der Waals surface area contributed by atoms with Crippen LogP contribution in [0.1, 0.15) is 69.5 Å². The summed E-state index contributed by atoms with van der Waals surface area (Å²) in [5.74, 6) is 2.21. The van der Waals surface area contributed by atoms with Gasteiger partial charge in [0.15, 0.2) is 17.5 Å². The van der Waals surface area contributed by atoms with Gasteiger partial charge >= 0.3 is 0 Å². The van der Waals surface area contributed by atoms with Crippen molar-refractivity contribution in [1.29, 1.82) is 0 Å².